The van der Waals surface area contributed by atoms with Crippen LogP contribution in [0.3, 0.4) is 0 Å². The lowest BCUT2D eigenvalue weighted by Crippen LogP contribution is -2.12. The summed E-state index contributed by atoms with van der Waals surface area (Å²) in [5.74, 6) is -0.566. The predicted octanol–water partition coefficient (Wildman–Crippen LogP) is 3.78. The van der Waals surface area contributed by atoms with Crippen molar-refractivity contribution in [1.29, 1.82) is 0 Å². The summed E-state index contributed by atoms with van der Waals surface area (Å²) in [4.78, 5) is 12.2. The van der Waals surface area contributed by atoms with Crippen LogP contribution in [0.15, 0.2) is 54.6 Å². The Labute approximate surface area is 127 Å². The summed E-state index contributed by atoms with van der Waals surface area (Å²) in [6, 6.07) is 15.3. The second kappa shape index (κ2) is 5.81. The van der Waals surface area contributed by atoms with Gasteiger partial charge in [-0.3, -0.25) is 9.89 Å². The van der Waals surface area contributed by atoms with Gasteiger partial charge in [-0.15, -0.1) is 0 Å². The number of benzene rings is 2. The Bertz CT molecular complexity index is 812. The minimum Gasteiger partial charge on any atom is -0.321 e. The molecule has 0 spiro atoms. The van der Waals surface area contributed by atoms with E-state index in [1.54, 1.807) is 31.2 Å². The highest BCUT2D eigenvalue weighted by molar-refractivity contribution is 6.03. The Hall–Kier alpha value is -2.95. The second-order valence-corrected chi connectivity index (χ2v) is 4.95. The van der Waals surface area contributed by atoms with Crippen molar-refractivity contribution in [3.63, 3.8) is 0 Å². The molecule has 2 N–H and O–H groups in total. The summed E-state index contributed by atoms with van der Waals surface area (Å²) in [7, 11) is 0. The molecule has 0 saturated carbocycles. The smallest absolute Gasteiger partial charge is 0.273 e. The Morgan fingerprint density at radius 3 is 2.64 bits per heavy atom. The first-order chi connectivity index (χ1) is 10.6. The van der Waals surface area contributed by atoms with Gasteiger partial charge in [-0.25, -0.2) is 4.39 Å². The van der Waals surface area contributed by atoms with Gasteiger partial charge in [0.15, 0.2) is 0 Å². The zero-order chi connectivity index (χ0) is 15.5. The van der Waals surface area contributed by atoms with E-state index in [4.69, 9.17) is 0 Å². The lowest BCUT2D eigenvalue weighted by Gasteiger charge is -2.02. The maximum atomic E-state index is 13.1. The van der Waals surface area contributed by atoms with Crippen molar-refractivity contribution in [2.45, 2.75) is 6.92 Å². The fourth-order valence-electron chi connectivity index (χ4n) is 2.21. The summed E-state index contributed by atoms with van der Waals surface area (Å²) in [5.41, 5.74) is 3.22. The maximum Gasteiger partial charge on any atom is 0.273 e. The summed E-state index contributed by atoms with van der Waals surface area (Å²) >= 11 is 0. The molecule has 110 valence electrons. The first kappa shape index (κ1) is 14.0. The number of aromatic amines is 1. The molecule has 0 fully saturated rings. The van der Waals surface area contributed by atoms with Crippen molar-refractivity contribution >= 4 is 11.6 Å². The van der Waals surface area contributed by atoms with E-state index in [9.17, 15) is 9.18 Å². The molecule has 0 saturated heterocycles. The Morgan fingerprint density at radius 1 is 1.14 bits per heavy atom. The van der Waals surface area contributed by atoms with E-state index in [2.05, 4.69) is 15.5 Å². The molecule has 5 heteroatoms. The first-order valence-electron chi connectivity index (χ1n) is 6.82. The third-order valence-corrected chi connectivity index (χ3v) is 3.32. The monoisotopic (exact) mass is 295 g/mol. The van der Waals surface area contributed by atoms with Gasteiger partial charge >= 0.3 is 0 Å². The van der Waals surface area contributed by atoms with Gasteiger partial charge in [0.05, 0.1) is 5.69 Å². The third kappa shape index (κ3) is 2.88. The summed E-state index contributed by atoms with van der Waals surface area (Å²) < 4.78 is 13.1. The molecule has 3 rings (SSSR count). The van der Waals surface area contributed by atoms with E-state index in [1.165, 1.54) is 12.1 Å². The maximum absolute atomic E-state index is 13.1. The number of aromatic nitrogens is 2. The molecule has 2 aromatic carbocycles. The molecule has 0 unspecified atom stereocenters. The third-order valence-electron chi connectivity index (χ3n) is 3.32. The molecule has 0 bridgehead atoms. The van der Waals surface area contributed by atoms with Gasteiger partial charge in [0.1, 0.15) is 11.5 Å². The molecular weight excluding hydrogens is 281 g/mol. The Morgan fingerprint density at radius 2 is 1.91 bits per heavy atom. The summed E-state index contributed by atoms with van der Waals surface area (Å²) in [6.07, 6.45) is 0. The minimum atomic E-state index is -0.293. The predicted molar refractivity (Wildman–Crippen MR) is 83.1 cm³/mol. The number of rotatable bonds is 3. The highest BCUT2D eigenvalue weighted by Gasteiger charge is 2.12. The zero-order valence-corrected chi connectivity index (χ0v) is 11.9. The average molecular weight is 295 g/mol. The van der Waals surface area contributed by atoms with Gasteiger partial charge in [-0.2, -0.15) is 5.10 Å². The number of carbonyl (C=O) groups is 1. The number of carbonyl (C=O) groups excluding carboxylic acids is 1. The fourth-order valence-corrected chi connectivity index (χ4v) is 2.21. The van der Waals surface area contributed by atoms with Gasteiger partial charge in [0, 0.05) is 11.3 Å². The average Bonchev–Trinajstić information content (AvgIpc) is 2.98. The molecule has 22 heavy (non-hydrogen) atoms. The van der Waals surface area contributed by atoms with Crippen LogP contribution in [-0.4, -0.2) is 16.1 Å². The molecule has 1 heterocycles. The molecule has 0 radical (unpaired) electrons. The standard InChI is InChI=1S/C17H14FN3O/c1-11-9-12(18)7-8-14(11)15-10-16(21-20-15)17(22)19-13-5-3-2-4-6-13/h2-10H,1H3,(H,19,22)(H,20,21). The topological polar surface area (TPSA) is 57.8 Å². The molecule has 1 aromatic heterocycles. The van der Waals surface area contributed by atoms with E-state index in [0.717, 1.165) is 11.1 Å². The Balaban J connectivity index is 1.83. The molecule has 1 amide bonds. The number of anilines is 1. The number of amides is 1. The number of hydrogen-bond acceptors (Lipinski definition) is 2. The second-order valence-electron chi connectivity index (χ2n) is 4.95. The molecular formula is C17H14FN3O. The van der Waals surface area contributed by atoms with Crippen molar-refractivity contribution in [2.75, 3.05) is 5.32 Å². The van der Waals surface area contributed by atoms with Gasteiger partial charge in [-0.05, 0) is 48.9 Å². The lowest BCUT2D eigenvalue weighted by molar-refractivity contribution is 0.102. The van der Waals surface area contributed by atoms with Gasteiger partial charge in [0.25, 0.3) is 5.91 Å². The number of halogens is 1. The van der Waals surface area contributed by atoms with Crippen molar-refractivity contribution in [3.05, 3.63) is 71.7 Å². The normalized spacial score (nSPS) is 10.5. The number of aryl methyl sites for hydroxylation is 1. The summed E-state index contributed by atoms with van der Waals surface area (Å²) in [5, 5.41) is 9.62. The lowest BCUT2D eigenvalue weighted by atomic mass is 10.1. The zero-order valence-electron chi connectivity index (χ0n) is 11.9. The molecule has 3 aromatic rings. The molecule has 0 atom stereocenters. The van der Waals surface area contributed by atoms with Gasteiger partial charge < -0.3 is 5.32 Å². The van der Waals surface area contributed by atoms with Crippen LogP contribution in [0, 0.1) is 12.7 Å². The highest BCUT2D eigenvalue weighted by Crippen LogP contribution is 2.23. The van der Waals surface area contributed by atoms with Crippen molar-refractivity contribution in [1.82, 2.24) is 10.2 Å². The van der Waals surface area contributed by atoms with Crippen LogP contribution in [0.2, 0.25) is 0 Å². The first-order valence-corrected chi connectivity index (χ1v) is 6.82. The van der Waals surface area contributed by atoms with E-state index in [0.29, 0.717) is 17.1 Å². The largest absolute Gasteiger partial charge is 0.321 e. The van der Waals surface area contributed by atoms with Crippen LogP contribution in [0.4, 0.5) is 10.1 Å². The molecule has 4 nitrogen and oxygen atoms in total. The van der Waals surface area contributed by atoms with Crippen LogP contribution in [0.5, 0.6) is 0 Å². The van der Waals surface area contributed by atoms with Crippen LogP contribution in [0.1, 0.15) is 16.1 Å². The van der Waals surface area contributed by atoms with Crippen LogP contribution < -0.4 is 5.32 Å². The number of H-pyrrole nitrogens is 1. The number of hydrogen-bond donors (Lipinski definition) is 2. The highest BCUT2D eigenvalue weighted by atomic mass is 19.1. The molecule has 0 aliphatic rings. The van der Waals surface area contributed by atoms with Crippen LogP contribution in [0.25, 0.3) is 11.3 Å². The van der Waals surface area contributed by atoms with Crippen LogP contribution >= 0.6 is 0 Å². The van der Waals surface area contributed by atoms with Gasteiger partial charge in [-0.1, -0.05) is 18.2 Å². The quantitative estimate of drug-likeness (QED) is 0.772. The van der Waals surface area contributed by atoms with Gasteiger partial charge in [0.2, 0.25) is 0 Å². The van der Waals surface area contributed by atoms with Crippen molar-refractivity contribution < 1.29 is 9.18 Å². The molecule has 0 aliphatic heterocycles. The minimum absolute atomic E-state index is 0.273. The number of nitrogens with zero attached hydrogens (tertiary/aromatic N) is 1. The fraction of sp³-hybridized carbons (Fsp3) is 0.0588. The summed E-state index contributed by atoms with van der Waals surface area (Å²) in [6.45, 7) is 1.80. The van der Waals surface area contributed by atoms with E-state index in [1.807, 2.05) is 18.2 Å². The van der Waals surface area contributed by atoms with E-state index in [-0.39, 0.29) is 11.7 Å². The number of nitrogens with one attached hydrogen (secondary N) is 2. The van der Waals surface area contributed by atoms with Crippen LogP contribution in [-0.2, 0) is 0 Å². The van der Waals surface area contributed by atoms with Crippen molar-refractivity contribution in [2.24, 2.45) is 0 Å². The van der Waals surface area contributed by atoms with E-state index < -0.39 is 0 Å². The number of para-hydroxylation sites is 1. The van der Waals surface area contributed by atoms with E-state index >= 15 is 0 Å². The SMILES string of the molecule is Cc1cc(F)ccc1-c1cc(C(=O)Nc2ccccc2)[nH]n1. The Kier molecular flexibility index (Phi) is 3.70. The molecule has 0 aliphatic carbocycles. The van der Waals surface area contributed by atoms with Crippen molar-refractivity contribution in [3.8, 4) is 11.3 Å².